The number of hydrogen-bond acceptors (Lipinski definition) is 2. The summed E-state index contributed by atoms with van der Waals surface area (Å²) in [5.74, 6) is 3.07. The number of hydrogen-bond donors (Lipinski definition) is 1. The number of likely N-dealkylation sites (N-methyl/N-ethyl adjacent to an activating group) is 1. The van der Waals surface area contributed by atoms with E-state index in [9.17, 15) is 4.79 Å². The summed E-state index contributed by atoms with van der Waals surface area (Å²) in [6.45, 7) is 0. The number of carbonyl (C=O) groups excluding carboxylic acids is 1. The Balaban J connectivity index is 1.38. The maximum atomic E-state index is 12.9. The Morgan fingerprint density at radius 1 is 1.04 bits per heavy atom. The highest BCUT2D eigenvalue weighted by molar-refractivity contribution is 5.84. The van der Waals surface area contributed by atoms with Gasteiger partial charge in [-0.3, -0.25) is 10.1 Å². The Bertz CT molecular complexity index is 605. The van der Waals surface area contributed by atoms with Gasteiger partial charge < -0.3 is 4.90 Å². The monoisotopic (exact) mass is 324 g/mol. The molecule has 6 rings (SSSR count). The van der Waals surface area contributed by atoms with Crippen LogP contribution in [0.4, 0.5) is 0 Å². The van der Waals surface area contributed by atoms with Crippen molar-refractivity contribution in [2.75, 3.05) is 7.05 Å². The van der Waals surface area contributed by atoms with Gasteiger partial charge in [0, 0.05) is 12.5 Å². The van der Waals surface area contributed by atoms with E-state index >= 15 is 0 Å². The zero-order valence-electron chi connectivity index (χ0n) is 14.6. The number of rotatable bonds is 3. The summed E-state index contributed by atoms with van der Waals surface area (Å²) in [4.78, 5) is 14.9. The Labute approximate surface area is 144 Å². The summed E-state index contributed by atoms with van der Waals surface area (Å²) < 4.78 is 0. The molecule has 4 aliphatic carbocycles. The lowest BCUT2D eigenvalue weighted by Gasteiger charge is -2.59. The van der Waals surface area contributed by atoms with Gasteiger partial charge in [0.1, 0.15) is 0 Å². The van der Waals surface area contributed by atoms with E-state index in [0.29, 0.717) is 11.3 Å². The first-order valence-corrected chi connectivity index (χ1v) is 9.70. The molecule has 1 aromatic carbocycles. The van der Waals surface area contributed by atoms with Crippen LogP contribution in [0.1, 0.15) is 44.1 Å². The van der Waals surface area contributed by atoms with E-state index in [0.717, 1.165) is 24.2 Å². The molecule has 4 bridgehead atoms. The third kappa shape index (κ3) is 2.24. The number of nitrogens with zero attached hydrogens (tertiary/aromatic N) is 1. The lowest BCUT2D eigenvalue weighted by molar-refractivity contribution is -0.135. The van der Waals surface area contributed by atoms with Crippen molar-refractivity contribution < 1.29 is 4.79 Å². The van der Waals surface area contributed by atoms with E-state index in [4.69, 9.17) is 0 Å². The first-order valence-electron chi connectivity index (χ1n) is 9.70. The Morgan fingerprint density at radius 3 is 2.21 bits per heavy atom. The van der Waals surface area contributed by atoms with Gasteiger partial charge in [0.15, 0.2) is 0 Å². The van der Waals surface area contributed by atoms with Crippen LogP contribution in [0.2, 0.25) is 0 Å². The highest BCUT2D eigenvalue weighted by Gasteiger charge is 2.58. The second-order valence-corrected chi connectivity index (χ2v) is 9.04. The van der Waals surface area contributed by atoms with Crippen molar-refractivity contribution >= 4 is 5.91 Å². The third-order valence-corrected chi connectivity index (χ3v) is 7.34. The molecule has 0 aromatic heterocycles. The molecule has 0 radical (unpaired) electrons. The number of amides is 1. The van der Waals surface area contributed by atoms with E-state index < -0.39 is 0 Å². The van der Waals surface area contributed by atoms with Gasteiger partial charge in [-0.25, -0.2) is 0 Å². The fourth-order valence-corrected chi connectivity index (χ4v) is 6.84. The van der Waals surface area contributed by atoms with Crippen LogP contribution >= 0.6 is 0 Å². The molecule has 1 saturated heterocycles. The van der Waals surface area contributed by atoms with Crippen molar-refractivity contribution in [3.8, 4) is 0 Å². The van der Waals surface area contributed by atoms with Gasteiger partial charge in [-0.15, -0.1) is 0 Å². The largest absolute Gasteiger partial charge is 0.328 e. The molecule has 1 aliphatic heterocycles. The quantitative estimate of drug-likeness (QED) is 0.926. The predicted octanol–water partition coefficient (Wildman–Crippen LogP) is 3.20. The van der Waals surface area contributed by atoms with Crippen LogP contribution in [0.15, 0.2) is 30.3 Å². The van der Waals surface area contributed by atoms with Gasteiger partial charge in [-0.1, -0.05) is 30.3 Å². The molecule has 2 unspecified atom stereocenters. The third-order valence-electron chi connectivity index (χ3n) is 7.34. The summed E-state index contributed by atoms with van der Waals surface area (Å²) in [6, 6.07) is 10.4. The second-order valence-electron chi connectivity index (χ2n) is 9.04. The first-order chi connectivity index (χ1) is 11.6. The summed E-state index contributed by atoms with van der Waals surface area (Å²) in [5, 5.41) is 3.77. The average Bonchev–Trinajstić information content (AvgIpc) is 2.84. The van der Waals surface area contributed by atoms with E-state index in [1.165, 1.54) is 44.1 Å². The average molecular weight is 324 g/mol. The minimum absolute atomic E-state index is 0.0459. The van der Waals surface area contributed by atoms with Crippen molar-refractivity contribution in [3.63, 3.8) is 0 Å². The molecule has 128 valence electrons. The highest BCUT2D eigenvalue weighted by atomic mass is 16.2. The van der Waals surface area contributed by atoms with Gasteiger partial charge in [-0.2, -0.15) is 0 Å². The molecule has 5 fully saturated rings. The lowest BCUT2D eigenvalue weighted by atomic mass is 9.48. The summed E-state index contributed by atoms with van der Waals surface area (Å²) in [6.07, 6.45) is 9.45. The highest BCUT2D eigenvalue weighted by Crippen LogP contribution is 2.62. The maximum Gasteiger partial charge on any atom is 0.241 e. The zero-order chi connectivity index (χ0) is 16.3. The van der Waals surface area contributed by atoms with Crippen LogP contribution in [0.3, 0.4) is 0 Å². The first kappa shape index (κ1) is 14.9. The summed E-state index contributed by atoms with van der Waals surface area (Å²) in [5.41, 5.74) is 1.60. The van der Waals surface area contributed by atoms with Gasteiger partial charge >= 0.3 is 0 Å². The van der Waals surface area contributed by atoms with E-state index in [-0.39, 0.29) is 12.2 Å². The topological polar surface area (TPSA) is 32.3 Å². The van der Waals surface area contributed by atoms with E-state index in [1.807, 2.05) is 13.1 Å². The summed E-state index contributed by atoms with van der Waals surface area (Å²) in [7, 11) is 2.03. The van der Waals surface area contributed by atoms with Crippen LogP contribution in [-0.2, 0) is 11.2 Å². The van der Waals surface area contributed by atoms with Crippen molar-refractivity contribution in [2.24, 2.45) is 23.2 Å². The minimum atomic E-state index is -0.0459. The molecule has 5 aliphatic rings. The predicted molar refractivity (Wildman–Crippen MR) is 94.2 cm³/mol. The van der Waals surface area contributed by atoms with Crippen molar-refractivity contribution in [1.82, 2.24) is 10.2 Å². The molecular formula is C21H28N2O. The molecule has 1 amide bonds. The van der Waals surface area contributed by atoms with Crippen LogP contribution in [0, 0.1) is 23.2 Å². The SMILES string of the molecule is CN1C(=O)C(Cc2ccccc2)NC1C12CC3CC(CC(C3)C1)C2. The summed E-state index contributed by atoms with van der Waals surface area (Å²) >= 11 is 0. The fourth-order valence-electron chi connectivity index (χ4n) is 6.84. The molecular weight excluding hydrogens is 296 g/mol. The molecule has 1 aromatic rings. The smallest absolute Gasteiger partial charge is 0.241 e. The number of nitrogens with one attached hydrogen (secondary N) is 1. The van der Waals surface area contributed by atoms with Gasteiger partial charge in [0.05, 0.1) is 12.2 Å². The van der Waals surface area contributed by atoms with Crippen molar-refractivity contribution in [3.05, 3.63) is 35.9 Å². The van der Waals surface area contributed by atoms with Crippen molar-refractivity contribution in [1.29, 1.82) is 0 Å². The number of carbonyl (C=O) groups is 1. The molecule has 24 heavy (non-hydrogen) atoms. The van der Waals surface area contributed by atoms with Crippen LogP contribution in [0.5, 0.6) is 0 Å². The zero-order valence-corrected chi connectivity index (χ0v) is 14.6. The van der Waals surface area contributed by atoms with Crippen LogP contribution < -0.4 is 5.32 Å². The molecule has 2 atom stereocenters. The number of benzene rings is 1. The van der Waals surface area contributed by atoms with Crippen LogP contribution in [-0.4, -0.2) is 30.1 Å². The maximum absolute atomic E-state index is 12.9. The molecule has 1 N–H and O–H groups in total. The molecule has 3 nitrogen and oxygen atoms in total. The molecule has 1 heterocycles. The van der Waals surface area contributed by atoms with Gasteiger partial charge in [0.25, 0.3) is 0 Å². The minimum Gasteiger partial charge on any atom is -0.328 e. The molecule has 0 spiro atoms. The normalized spacial score (nSPS) is 43.6. The van der Waals surface area contributed by atoms with Gasteiger partial charge in [0.2, 0.25) is 5.91 Å². The Hall–Kier alpha value is -1.35. The van der Waals surface area contributed by atoms with Gasteiger partial charge in [-0.05, 0) is 68.3 Å². The fraction of sp³-hybridized carbons (Fsp3) is 0.667. The van der Waals surface area contributed by atoms with E-state index in [2.05, 4.69) is 34.5 Å². The van der Waals surface area contributed by atoms with E-state index in [1.54, 1.807) is 0 Å². The lowest BCUT2D eigenvalue weighted by Crippen LogP contribution is -2.58. The Kier molecular flexibility index (Phi) is 3.31. The van der Waals surface area contributed by atoms with Crippen molar-refractivity contribution in [2.45, 2.75) is 57.2 Å². The Morgan fingerprint density at radius 2 is 1.62 bits per heavy atom. The standard InChI is InChI=1S/C21H28N2O/c1-23-19(24)18(10-14-5-3-2-4-6-14)22-20(23)21-11-15-7-16(12-21)9-17(8-15)13-21/h2-6,15-18,20,22H,7-13H2,1H3. The van der Waals surface area contributed by atoms with Crippen LogP contribution in [0.25, 0.3) is 0 Å². The second kappa shape index (κ2) is 5.32. The molecule has 4 saturated carbocycles. The molecule has 3 heteroatoms.